The van der Waals surface area contributed by atoms with Gasteiger partial charge in [-0.3, -0.25) is 4.79 Å². The van der Waals surface area contributed by atoms with Crippen LogP contribution >= 0.6 is 0 Å². The van der Waals surface area contributed by atoms with Crippen LogP contribution in [0.15, 0.2) is 24.3 Å². The molecule has 1 N–H and O–H groups in total. The summed E-state index contributed by atoms with van der Waals surface area (Å²) in [6.07, 6.45) is 4.16. The number of nitrogens with one attached hydrogen (secondary N) is 1. The number of piperidine rings is 1. The van der Waals surface area contributed by atoms with Crippen molar-refractivity contribution in [2.24, 2.45) is 5.92 Å². The first kappa shape index (κ1) is 22.7. The van der Waals surface area contributed by atoms with Gasteiger partial charge in [0.2, 0.25) is 15.9 Å². The minimum atomic E-state index is -3.26. The number of benzene rings is 1. The topological polar surface area (TPSA) is 75.7 Å². The highest BCUT2D eigenvalue weighted by Gasteiger charge is 2.32. The molecule has 2 rings (SSSR count). The molecule has 1 fully saturated rings. The standard InChI is InChI=1S/C21H34N2O4S/c1-4-6-14-27-20-11-9-18(10-12-20)17(3)22-21(24)19-8-7-13-23(16-19)28(25,26)15-5-2/h9-12,17,19H,4-8,13-16H2,1-3H3,(H,22,24)/t17-,19-/m0/s1. The molecule has 28 heavy (non-hydrogen) atoms. The summed E-state index contributed by atoms with van der Waals surface area (Å²) in [7, 11) is -3.26. The molecule has 1 heterocycles. The normalized spacial score (nSPS) is 19.2. The first-order valence-electron chi connectivity index (χ1n) is 10.4. The second kappa shape index (κ2) is 10.8. The maximum atomic E-state index is 12.7. The molecule has 1 amide bonds. The van der Waals surface area contributed by atoms with Gasteiger partial charge in [0.05, 0.1) is 24.3 Å². The van der Waals surface area contributed by atoms with Crippen LogP contribution in [0.2, 0.25) is 0 Å². The molecule has 0 unspecified atom stereocenters. The summed E-state index contributed by atoms with van der Waals surface area (Å²) in [5.74, 6) is 0.608. The van der Waals surface area contributed by atoms with Crippen LogP contribution in [0.25, 0.3) is 0 Å². The number of unbranched alkanes of at least 4 members (excludes halogenated alkanes) is 1. The lowest BCUT2D eigenvalue weighted by molar-refractivity contribution is -0.126. The van der Waals surface area contributed by atoms with Gasteiger partial charge < -0.3 is 10.1 Å². The summed E-state index contributed by atoms with van der Waals surface area (Å²) in [6.45, 7) is 7.43. The van der Waals surface area contributed by atoms with Gasteiger partial charge in [-0.05, 0) is 50.3 Å². The highest BCUT2D eigenvalue weighted by molar-refractivity contribution is 7.89. The Morgan fingerprint density at radius 3 is 2.61 bits per heavy atom. The van der Waals surface area contributed by atoms with Crippen molar-refractivity contribution in [3.8, 4) is 5.75 Å². The van der Waals surface area contributed by atoms with E-state index in [1.54, 1.807) is 0 Å². The molecule has 0 aliphatic carbocycles. The van der Waals surface area contributed by atoms with Crippen LogP contribution in [0, 0.1) is 5.92 Å². The lowest BCUT2D eigenvalue weighted by Gasteiger charge is -2.31. The predicted molar refractivity (Wildman–Crippen MR) is 112 cm³/mol. The Bertz CT molecular complexity index is 718. The molecule has 1 aliphatic rings. The average Bonchev–Trinajstić information content (AvgIpc) is 2.68. The fourth-order valence-corrected chi connectivity index (χ4v) is 4.99. The number of ether oxygens (including phenoxy) is 1. The van der Waals surface area contributed by atoms with Gasteiger partial charge in [0, 0.05) is 13.1 Å². The third kappa shape index (κ3) is 6.48. The smallest absolute Gasteiger partial charge is 0.224 e. The molecule has 1 saturated heterocycles. The molecule has 7 heteroatoms. The highest BCUT2D eigenvalue weighted by atomic mass is 32.2. The summed E-state index contributed by atoms with van der Waals surface area (Å²) >= 11 is 0. The van der Waals surface area contributed by atoms with E-state index < -0.39 is 10.0 Å². The van der Waals surface area contributed by atoms with E-state index in [1.165, 1.54) is 4.31 Å². The number of hydrogen-bond acceptors (Lipinski definition) is 4. The summed E-state index contributed by atoms with van der Waals surface area (Å²) in [5.41, 5.74) is 1.00. The Kier molecular flexibility index (Phi) is 8.76. The van der Waals surface area contributed by atoms with E-state index in [0.29, 0.717) is 19.6 Å². The van der Waals surface area contributed by atoms with Gasteiger partial charge >= 0.3 is 0 Å². The van der Waals surface area contributed by atoms with E-state index in [0.717, 1.165) is 37.0 Å². The SMILES string of the molecule is CCCCOc1ccc([C@H](C)NC(=O)[C@H]2CCCN(S(=O)(=O)CCC)C2)cc1. The zero-order valence-electron chi connectivity index (χ0n) is 17.3. The summed E-state index contributed by atoms with van der Waals surface area (Å²) in [5, 5.41) is 3.04. The van der Waals surface area contributed by atoms with Crippen molar-refractivity contribution in [3.63, 3.8) is 0 Å². The van der Waals surface area contributed by atoms with E-state index >= 15 is 0 Å². The van der Waals surface area contributed by atoms with Crippen molar-refractivity contribution in [2.45, 2.75) is 58.9 Å². The maximum absolute atomic E-state index is 12.7. The molecule has 6 nitrogen and oxygen atoms in total. The Hall–Kier alpha value is -1.60. The molecule has 0 saturated carbocycles. The largest absolute Gasteiger partial charge is 0.494 e. The predicted octanol–water partition coefficient (Wildman–Crippen LogP) is 3.49. The number of rotatable bonds is 10. The number of sulfonamides is 1. The van der Waals surface area contributed by atoms with Crippen LogP contribution in [0.3, 0.4) is 0 Å². The minimum Gasteiger partial charge on any atom is -0.494 e. The summed E-state index contributed by atoms with van der Waals surface area (Å²) < 4.78 is 31.8. The van der Waals surface area contributed by atoms with E-state index in [2.05, 4.69) is 12.2 Å². The third-order valence-corrected chi connectivity index (χ3v) is 7.16. The Balaban J connectivity index is 1.90. The van der Waals surface area contributed by atoms with Crippen LogP contribution < -0.4 is 10.1 Å². The quantitative estimate of drug-likeness (QED) is 0.599. The minimum absolute atomic E-state index is 0.0767. The maximum Gasteiger partial charge on any atom is 0.224 e. The third-order valence-electron chi connectivity index (χ3n) is 5.12. The van der Waals surface area contributed by atoms with Crippen molar-refractivity contribution in [1.82, 2.24) is 9.62 Å². The number of nitrogens with zero attached hydrogens (tertiary/aromatic N) is 1. The fourth-order valence-electron chi connectivity index (χ4n) is 3.40. The number of carbonyl (C=O) groups excluding carboxylic acids is 1. The van der Waals surface area contributed by atoms with E-state index in [9.17, 15) is 13.2 Å². The van der Waals surface area contributed by atoms with E-state index in [4.69, 9.17) is 4.74 Å². The molecule has 0 bridgehead atoms. The molecular formula is C21H34N2O4S. The number of carbonyl (C=O) groups is 1. The molecular weight excluding hydrogens is 376 g/mol. The first-order chi connectivity index (χ1) is 13.4. The van der Waals surface area contributed by atoms with Crippen LogP contribution in [0.5, 0.6) is 5.75 Å². The lowest BCUT2D eigenvalue weighted by Crippen LogP contribution is -2.46. The van der Waals surface area contributed by atoms with Crippen LogP contribution in [-0.4, -0.2) is 44.1 Å². The number of amides is 1. The van der Waals surface area contributed by atoms with Gasteiger partial charge in [0.25, 0.3) is 0 Å². The van der Waals surface area contributed by atoms with Gasteiger partial charge in [-0.1, -0.05) is 32.4 Å². The second-order valence-corrected chi connectivity index (χ2v) is 9.60. The molecule has 2 atom stereocenters. The zero-order chi connectivity index (χ0) is 20.6. The Morgan fingerprint density at radius 1 is 1.25 bits per heavy atom. The van der Waals surface area contributed by atoms with Crippen molar-refractivity contribution in [2.75, 3.05) is 25.4 Å². The van der Waals surface area contributed by atoms with Gasteiger partial charge in [-0.2, -0.15) is 0 Å². The zero-order valence-corrected chi connectivity index (χ0v) is 18.1. The van der Waals surface area contributed by atoms with Crippen LogP contribution in [0.4, 0.5) is 0 Å². The highest BCUT2D eigenvalue weighted by Crippen LogP contribution is 2.22. The average molecular weight is 411 g/mol. The number of hydrogen-bond donors (Lipinski definition) is 1. The molecule has 0 radical (unpaired) electrons. The molecule has 0 aromatic heterocycles. The van der Waals surface area contributed by atoms with E-state index in [1.807, 2.05) is 38.1 Å². The summed E-state index contributed by atoms with van der Waals surface area (Å²) in [4.78, 5) is 12.7. The van der Waals surface area contributed by atoms with Crippen molar-refractivity contribution < 1.29 is 17.9 Å². The summed E-state index contributed by atoms with van der Waals surface area (Å²) in [6, 6.07) is 7.64. The van der Waals surface area contributed by atoms with Crippen LogP contribution in [0.1, 0.15) is 64.5 Å². The van der Waals surface area contributed by atoms with E-state index in [-0.39, 0.29) is 30.2 Å². The first-order valence-corrected chi connectivity index (χ1v) is 12.0. The van der Waals surface area contributed by atoms with Gasteiger partial charge in [0.15, 0.2) is 0 Å². The monoisotopic (exact) mass is 410 g/mol. The molecule has 158 valence electrons. The molecule has 1 aromatic carbocycles. The van der Waals surface area contributed by atoms with Crippen molar-refractivity contribution in [3.05, 3.63) is 29.8 Å². The lowest BCUT2D eigenvalue weighted by atomic mass is 9.98. The Morgan fingerprint density at radius 2 is 1.96 bits per heavy atom. The molecule has 0 spiro atoms. The van der Waals surface area contributed by atoms with Gasteiger partial charge in [-0.15, -0.1) is 0 Å². The molecule has 1 aliphatic heterocycles. The van der Waals surface area contributed by atoms with Crippen molar-refractivity contribution >= 4 is 15.9 Å². The Labute approximate surface area is 169 Å². The second-order valence-electron chi connectivity index (χ2n) is 7.51. The molecule has 1 aromatic rings. The van der Waals surface area contributed by atoms with Crippen molar-refractivity contribution in [1.29, 1.82) is 0 Å². The van der Waals surface area contributed by atoms with Crippen LogP contribution in [-0.2, 0) is 14.8 Å². The fraction of sp³-hybridized carbons (Fsp3) is 0.667. The van der Waals surface area contributed by atoms with Gasteiger partial charge in [-0.25, -0.2) is 12.7 Å². The van der Waals surface area contributed by atoms with Gasteiger partial charge in [0.1, 0.15) is 5.75 Å².